The van der Waals surface area contributed by atoms with Gasteiger partial charge in [-0.3, -0.25) is 9.59 Å². The summed E-state index contributed by atoms with van der Waals surface area (Å²) in [4.78, 5) is 28.4. The molecule has 0 aliphatic carbocycles. The molecule has 0 atom stereocenters. The molecule has 3 rings (SSSR count). The predicted molar refractivity (Wildman–Crippen MR) is 102 cm³/mol. The maximum absolute atomic E-state index is 13.1. The van der Waals surface area contributed by atoms with Crippen LogP contribution < -0.4 is 4.90 Å². The van der Waals surface area contributed by atoms with E-state index in [4.69, 9.17) is 11.6 Å². The lowest BCUT2D eigenvalue weighted by Gasteiger charge is -2.20. The largest absolute Gasteiger partial charge is 0.416 e. The predicted octanol–water partition coefficient (Wildman–Crippen LogP) is 3.57. The number of hydrogen-bond acceptors (Lipinski definition) is 4. The van der Waals surface area contributed by atoms with Crippen molar-refractivity contribution in [2.45, 2.75) is 6.18 Å². The highest BCUT2D eigenvalue weighted by Crippen LogP contribution is 2.36. The Kier molecular flexibility index (Phi) is 5.68. The van der Waals surface area contributed by atoms with Crippen LogP contribution in [0.25, 0.3) is 5.57 Å². The first-order valence-corrected chi connectivity index (χ1v) is 8.91. The molecule has 5 nitrogen and oxygen atoms in total. The second-order valence-electron chi connectivity index (χ2n) is 6.37. The Bertz CT molecular complexity index is 970. The van der Waals surface area contributed by atoms with Gasteiger partial charge in [0.25, 0.3) is 11.8 Å². The van der Waals surface area contributed by atoms with Gasteiger partial charge in [0.05, 0.1) is 23.4 Å². The summed E-state index contributed by atoms with van der Waals surface area (Å²) in [6.07, 6.45) is -4.53. The summed E-state index contributed by atoms with van der Waals surface area (Å²) in [6, 6.07) is 10.1. The second kappa shape index (κ2) is 7.88. The molecule has 0 spiro atoms. The van der Waals surface area contributed by atoms with Crippen molar-refractivity contribution in [3.8, 4) is 0 Å². The van der Waals surface area contributed by atoms with E-state index < -0.39 is 23.6 Å². The molecule has 1 aliphatic rings. The topological polar surface area (TPSA) is 60.9 Å². The van der Waals surface area contributed by atoms with Crippen molar-refractivity contribution in [3.05, 3.63) is 70.4 Å². The van der Waals surface area contributed by atoms with Crippen molar-refractivity contribution in [3.63, 3.8) is 0 Å². The average molecular weight is 425 g/mol. The molecule has 0 bridgehead atoms. The molecule has 0 radical (unpaired) electrons. The van der Waals surface area contributed by atoms with Crippen molar-refractivity contribution in [1.82, 2.24) is 4.90 Å². The minimum Gasteiger partial charge on any atom is -0.395 e. The minimum atomic E-state index is -4.53. The van der Waals surface area contributed by atoms with Gasteiger partial charge in [-0.2, -0.15) is 13.2 Å². The molecule has 0 aromatic heterocycles. The monoisotopic (exact) mass is 424 g/mol. The van der Waals surface area contributed by atoms with E-state index in [1.165, 1.54) is 4.90 Å². The highest BCUT2D eigenvalue weighted by atomic mass is 35.5. The normalized spacial score (nSPS) is 14.8. The van der Waals surface area contributed by atoms with Gasteiger partial charge in [0.1, 0.15) is 5.70 Å². The number of rotatable bonds is 5. The number of carbonyl (C=O) groups is 2. The Morgan fingerprint density at radius 1 is 1.00 bits per heavy atom. The number of carbonyl (C=O) groups excluding carboxylic acids is 2. The highest BCUT2D eigenvalue weighted by molar-refractivity contribution is 6.45. The molecular weight excluding hydrogens is 409 g/mol. The third-order valence-corrected chi connectivity index (χ3v) is 4.71. The van der Waals surface area contributed by atoms with E-state index in [-0.39, 0.29) is 30.1 Å². The van der Waals surface area contributed by atoms with Crippen LogP contribution in [0.5, 0.6) is 0 Å². The van der Waals surface area contributed by atoms with E-state index in [1.807, 2.05) is 0 Å². The molecular formula is C20H16ClF3N2O3. The Balaban J connectivity index is 2.06. The van der Waals surface area contributed by atoms with Crippen LogP contribution in [0.4, 0.5) is 18.9 Å². The van der Waals surface area contributed by atoms with E-state index in [1.54, 1.807) is 31.3 Å². The van der Waals surface area contributed by atoms with Crippen molar-refractivity contribution in [2.75, 3.05) is 25.1 Å². The standard InChI is InChI=1S/C20H16ClF3N2O3/c1-25(10-11-27)17-16(12-2-6-14(21)7-3-12)18(28)26(19(17)29)15-8-4-13(5-9-15)20(22,23)24/h2-9,27H,10-11H2,1H3. The molecule has 1 heterocycles. The Labute approximate surface area is 169 Å². The number of aliphatic hydroxyl groups excluding tert-OH is 1. The van der Waals surface area contributed by atoms with Gasteiger partial charge in [0.2, 0.25) is 0 Å². The van der Waals surface area contributed by atoms with Gasteiger partial charge in [-0.25, -0.2) is 4.90 Å². The molecule has 0 saturated heterocycles. The van der Waals surface area contributed by atoms with E-state index >= 15 is 0 Å². The molecule has 0 unspecified atom stereocenters. The summed E-state index contributed by atoms with van der Waals surface area (Å²) >= 11 is 5.89. The number of hydrogen-bond donors (Lipinski definition) is 1. The van der Waals surface area contributed by atoms with Crippen LogP contribution in [0.3, 0.4) is 0 Å². The molecule has 29 heavy (non-hydrogen) atoms. The van der Waals surface area contributed by atoms with Gasteiger partial charge in [0.15, 0.2) is 0 Å². The number of nitrogens with zero attached hydrogens (tertiary/aromatic N) is 2. The van der Waals surface area contributed by atoms with Crippen molar-refractivity contribution in [2.24, 2.45) is 0 Å². The summed E-state index contributed by atoms with van der Waals surface area (Å²) in [7, 11) is 1.54. The number of benzene rings is 2. The number of anilines is 1. The number of imide groups is 1. The number of likely N-dealkylation sites (N-methyl/N-ethyl adjacent to an activating group) is 1. The molecule has 0 fully saturated rings. The molecule has 0 saturated carbocycles. The maximum Gasteiger partial charge on any atom is 0.416 e. The Morgan fingerprint density at radius 2 is 1.59 bits per heavy atom. The van der Waals surface area contributed by atoms with Gasteiger partial charge < -0.3 is 10.0 Å². The lowest BCUT2D eigenvalue weighted by atomic mass is 10.0. The smallest absolute Gasteiger partial charge is 0.395 e. The summed E-state index contributed by atoms with van der Waals surface area (Å²) in [5.74, 6) is -1.35. The van der Waals surface area contributed by atoms with Crippen LogP contribution >= 0.6 is 11.6 Å². The van der Waals surface area contributed by atoms with Crippen LogP contribution in [-0.2, 0) is 15.8 Å². The first-order valence-electron chi connectivity index (χ1n) is 8.53. The van der Waals surface area contributed by atoms with Gasteiger partial charge in [-0.15, -0.1) is 0 Å². The summed E-state index contributed by atoms with van der Waals surface area (Å²) in [6.45, 7) is -0.165. The molecule has 2 amide bonds. The lowest BCUT2D eigenvalue weighted by Crippen LogP contribution is -2.34. The van der Waals surface area contributed by atoms with Gasteiger partial charge >= 0.3 is 6.18 Å². The van der Waals surface area contributed by atoms with Crippen LogP contribution in [0, 0.1) is 0 Å². The Hall–Kier alpha value is -2.84. The molecule has 9 heteroatoms. The minimum absolute atomic E-state index is 0.0202. The van der Waals surface area contributed by atoms with Crippen LogP contribution in [0.1, 0.15) is 11.1 Å². The summed E-state index contributed by atoms with van der Waals surface area (Å²) in [5.41, 5.74) is -0.300. The third-order valence-electron chi connectivity index (χ3n) is 4.46. The number of alkyl halides is 3. The zero-order valence-corrected chi connectivity index (χ0v) is 16.0. The average Bonchev–Trinajstić information content (AvgIpc) is 2.92. The van der Waals surface area contributed by atoms with Crippen molar-refractivity contribution < 1.29 is 27.9 Å². The van der Waals surface area contributed by atoms with Crippen molar-refractivity contribution in [1.29, 1.82) is 0 Å². The Morgan fingerprint density at radius 3 is 2.10 bits per heavy atom. The van der Waals surface area contributed by atoms with Crippen molar-refractivity contribution >= 4 is 34.7 Å². The van der Waals surface area contributed by atoms with Crippen LogP contribution in [-0.4, -0.2) is 42.0 Å². The van der Waals surface area contributed by atoms with E-state index in [2.05, 4.69) is 0 Å². The molecule has 2 aromatic carbocycles. The summed E-state index contributed by atoms with van der Waals surface area (Å²) < 4.78 is 38.5. The molecule has 152 valence electrons. The number of aliphatic hydroxyl groups is 1. The molecule has 2 aromatic rings. The van der Waals surface area contributed by atoms with E-state index in [0.717, 1.165) is 29.2 Å². The fraction of sp³-hybridized carbons (Fsp3) is 0.200. The van der Waals surface area contributed by atoms with Gasteiger partial charge in [-0.05, 0) is 42.0 Å². The van der Waals surface area contributed by atoms with E-state index in [0.29, 0.717) is 10.6 Å². The highest BCUT2D eigenvalue weighted by Gasteiger charge is 2.42. The van der Waals surface area contributed by atoms with E-state index in [9.17, 15) is 27.9 Å². The van der Waals surface area contributed by atoms with Gasteiger partial charge in [-0.1, -0.05) is 23.7 Å². The lowest BCUT2D eigenvalue weighted by molar-refractivity contribution is -0.137. The molecule has 1 N–H and O–H groups in total. The molecule has 1 aliphatic heterocycles. The number of amides is 2. The number of halogens is 4. The first kappa shape index (κ1) is 20.9. The SMILES string of the molecule is CN(CCO)C1=C(c2ccc(Cl)cc2)C(=O)N(c2ccc(C(F)(F)F)cc2)C1=O. The zero-order chi connectivity index (χ0) is 21.3. The third kappa shape index (κ3) is 3.99. The second-order valence-corrected chi connectivity index (χ2v) is 6.80. The van der Waals surface area contributed by atoms with Crippen LogP contribution in [0.15, 0.2) is 54.2 Å². The first-order chi connectivity index (χ1) is 13.6. The quantitative estimate of drug-likeness (QED) is 0.745. The maximum atomic E-state index is 13.1. The summed E-state index contributed by atoms with van der Waals surface area (Å²) in [5, 5.41) is 9.67. The van der Waals surface area contributed by atoms with Gasteiger partial charge in [0, 0.05) is 18.6 Å². The fourth-order valence-corrected chi connectivity index (χ4v) is 3.17. The fourth-order valence-electron chi connectivity index (χ4n) is 3.04. The van der Waals surface area contributed by atoms with Crippen LogP contribution in [0.2, 0.25) is 5.02 Å². The zero-order valence-electron chi connectivity index (χ0n) is 15.2.